The van der Waals surface area contributed by atoms with Gasteiger partial charge in [0.1, 0.15) is 17.5 Å². The van der Waals surface area contributed by atoms with Crippen LogP contribution in [-0.2, 0) is 15.9 Å². The Labute approximate surface area is 151 Å². The summed E-state index contributed by atoms with van der Waals surface area (Å²) in [6.07, 6.45) is 2.01. The van der Waals surface area contributed by atoms with Gasteiger partial charge in [-0.1, -0.05) is 19.1 Å². The number of hydrogen-bond donors (Lipinski definition) is 0. The van der Waals surface area contributed by atoms with Crippen LogP contribution < -0.4 is 0 Å². The summed E-state index contributed by atoms with van der Waals surface area (Å²) in [4.78, 5) is 0. The van der Waals surface area contributed by atoms with Crippen molar-refractivity contribution in [3.8, 4) is 11.1 Å². The van der Waals surface area contributed by atoms with Gasteiger partial charge in [0.2, 0.25) is 0 Å². The standard InChI is InChI=1S/C21H23F3O2/c1-3-14-11-25-21(26-12-14)7-5-15-4-6-17(20(24)8-15)16-9-18(22)13(2)19(23)10-16/h4,6,8-10,14,21H,3,5,7,11-12H2,1-2H3. The van der Waals surface area contributed by atoms with Crippen LogP contribution in [0.2, 0.25) is 0 Å². The van der Waals surface area contributed by atoms with Crippen molar-refractivity contribution in [1.29, 1.82) is 0 Å². The molecule has 0 saturated carbocycles. The summed E-state index contributed by atoms with van der Waals surface area (Å²) in [6, 6.07) is 7.05. The molecule has 1 saturated heterocycles. The molecule has 0 amide bonds. The van der Waals surface area contributed by atoms with Crippen molar-refractivity contribution in [1.82, 2.24) is 0 Å². The van der Waals surface area contributed by atoms with Crippen LogP contribution in [0.1, 0.15) is 30.9 Å². The highest BCUT2D eigenvalue weighted by molar-refractivity contribution is 5.65. The van der Waals surface area contributed by atoms with E-state index < -0.39 is 17.5 Å². The van der Waals surface area contributed by atoms with Crippen molar-refractivity contribution in [2.75, 3.05) is 13.2 Å². The van der Waals surface area contributed by atoms with E-state index in [0.717, 1.165) is 24.1 Å². The smallest absolute Gasteiger partial charge is 0.157 e. The third kappa shape index (κ3) is 4.27. The summed E-state index contributed by atoms with van der Waals surface area (Å²) >= 11 is 0. The van der Waals surface area contributed by atoms with E-state index in [2.05, 4.69) is 6.92 Å². The van der Waals surface area contributed by atoms with Crippen molar-refractivity contribution in [3.05, 3.63) is 58.9 Å². The van der Waals surface area contributed by atoms with Crippen LogP contribution in [0.5, 0.6) is 0 Å². The lowest BCUT2D eigenvalue weighted by Crippen LogP contribution is -2.32. The molecule has 140 valence electrons. The molecule has 0 radical (unpaired) electrons. The Kier molecular flexibility index (Phi) is 5.99. The highest BCUT2D eigenvalue weighted by atomic mass is 19.1. The topological polar surface area (TPSA) is 18.5 Å². The molecule has 0 spiro atoms. The molecule has 5 heteroatoms. The molecule has 1 heterocycles. The highest BCUT2D eigenvalue weighted by Crippen LogP contribution is 2.28. The first-order valence-electron chi connectivity index (χ1n) is 8.95. The van der Waals surface area contributed by atoms with Gasteiger partial charge < -0.3 is 9.47 Å². The summed E-state index contributed by atoms with van der Waals surface area (Å²) < 4.78 is 53.2. The lowest BCUT2D eigenvalue weighted by molar-refractivity contribution is -0.202. The third-order valence-corrected chi connectivity index (χ3v) is 4.91. The quantitative estimate of drug-likeness (QED) is 0.706. The van der Waals surface area contributed by atoms with Crippen molar-refractivity contribution < 1.29 is 22.6 Å². The van der Waals surface area contributed by atoms with Gasteiger partial charge in [0.05, 0.1) is 13.2 Å². The molecule has 0 bridgehead atoms. The third-order valence-electron chi connectivity index (χ3n) is 4.91. The first-order valence-corrected chi connectivity index (χ1v) is 8.95. The molecule has 3 rings (SSSR count). The number of hydrogen-bond acceptors (Lipinski definition) is 2. The van der Waals surface area contributed by atoms with Crippen molar-refractivity contribution >= 4 is 0 Å². The van der Waals surface area contributed by atoms with E-state index in [-0.39, 0.29) is 23.0 Å². The summed E-state index contributed by atoms with van der Waals surface area (Å²) in [7, 11) is 0. The SMILES string of the molecule is CCC1COC(CCc2ccc(-c3cc(F)c(C)c(F)c3)c(F)c2)OC1. The molecule has 0 aliphatic carbocycles. The first kappa shape index (κ1) is 18.9. The number of ether oxygens (including phenoxy) is 2. The Morgan fingerprint density at radius 2 is 1.62 bits per heavy atom. The van der Waals surface area contributed by atoms with E-state index in [0.29, 0.717) is 32.0 Å². The summed E-state index contributed by atoms with van der Waals surface area (Å²) in [5.74, 6) is -1.42. The normalized spacial score (nSPS) is 20.3. The summed E-state index contributed by atoms with van der Waals surface area (Å²) in [5, 5.41) is 0. The van der Waals surface area contributed by atoms with Crippen LogP contribution in [0.4, 0.5) is 13.2 Å². The number of benzene rings is 2. The van der Waals surface area contributed by atoms with E-state index in [9.17, 15) is 13.2 Å². The van der Waals surface area contributed by atoms with E-state index in [1.807, 2.05) is 0 Å². The van der Waals surface area contributed by atoms with Crippen LogP contribution in [0.3, 0.4) is 0 Å². The van der Waals surface area contributed by atoms with Crippen LogP contribution in [0.15, 0.2) is 30.3 Å². The van der Waals surface area contributed by atoms with E-state index in [1.54, 1.807) is 12.1 Å². The van der Waals surface area contributed by atoms with E-state index in [1.165, 1.54) is 13.0 Å². The molecular weight excluding hydrogens is 341 g/mol. The van der Waals surface area contributed by atoms with Gasteiger partial charge in [-0.15, -0.1) is 0 Å². The van der Waals surface area contributed by atoms with Crippen LogP contribution in [-0.4, -0.2) is 19.5 Å². The largest absolute Gasteiger partial charge is 0.352 e. The van der Waals surface area contributed by atoms with Crippen molar-refractivity contribution in [3.63, 3.8) is 0 Å². The molecule has 26 heavy (non-hydrogen) atoms. The van der Waals surface area contributed by atoms with Crippen LogP contribution in [0.25, 0.3) is 11.1 Å². The average Bonchev–Trinajstić information content (AvgIpc) is 2.64. The van der Waals surface area contributed by atoms with Crippen molar-refractivity contribution in [2.45, 2.75) is 39.4 Å². The minimum Gasteiger partial charge on any atom is -0.352 e. The summed E-state index contributed by atoms with van der Waals surface area (Å²) in [5.41, 5.74) is 1.11. The second kappa shape index (κ2) is 8.23. The Morgan fingerprint density at radius 1 is 0.962 bits per heavy atom. The molecule has 1 aliphatic heterocycles. The second-order valence-electron chi connectivity index (χ2n) is 6.79. The fraction of sp³-hybridized carbons (Fsp3) is 0.429. The Morgan fingerprint density at radius 3 is 2.19 bits per heavy atom. The maximum atomic E-state index is 14.5. The Bertz CT molecular complexity index is 745. The minimum atomic E-state index is -0.680. The maximum Gasteiger partial charge on any atom is 0.157 e. The molecule has 2 aromatic carbocycles. The lowest BCUT2D eigenvalue weighted by atomic mass is 9.99. The molecule has 0 N–H and O–H groups in total. The average molecular weight is 364 g/mol. The number of rotatable bonds is 5. The van der Waals surface area contributed by atoms with Gasteiger partial charge >= 0.3 is 0 Å². The Hall–Kier alpha value is -1.85. The zero-order valence-corrected chi connectivity index (χ0v) is 15.0. The predicted molar refractivity (Wildman–Crippen MR) is 94.3 cm³/mol. The molecule has 0 unspecified atom stereocenters. The van der Waals surface area contributed by atoms with Gasteiger partial charge in [-0.2, -0.15) is 0 Å². The first-order chi connectivity index (χ1) is 12.5. The van der Waals surface area contributed by atoms with Gasteiger partial charge in [-0.05, 0) is 49.1 Å². The van der Waals surface area contributed by atoms with Crippen LogP contribution in [0, 0.1) is 30.3 Å². The molecule has 1 fully saturated rings. The fourth-order valence-corrected chi connectivity index (χ4v) is 3.02. The number of aryl methyl sites for hydroxylation is 1. The molecule has 0 atom stereocenters. The van der Waals surface area contributed by atoms with Gasteiger partial charge in [-0.3, -0.25) is 0 Å². The fourth-order valence-electron chi connectivity index (χ4n) is 3.02. The van der Waals surface area contributed by atoms with Crippen molar-refractivity contribution in [2.24, 2.45) is 5.92 Å². The van der Waals surface area contributed by atoms with E-state index >= 15 is 0 Å². The predicted octanol–water partition coefficient (Wildman–Crippen LogP) is 5.41. The number of halogens is 3. The van der Waals surface area contributed by atoms with Crippen LogP contribution >= 0.6 is 0 Å². The zero-order chi connectivity index (χ0) is 18.7. The van der Waals surface area contributed by atoms with E-state index in [4.69, 9.17) is 9.47 Å². The van der Waals surface area contributed by atoms with Gasteiger partial charge in [0.25, 0.3) is 0 Å². The van der Waals surface area contributed by atoms with Gasteiger partial charge in [-0.25, -0.2) is 13.2 Å². The van der Waals surface area contributed by atoms with Gasteiger partial charge in [0, 0.05) is 23.5 Å². The molecule has 0 aromatic heterocycles. The summed E-state index contributed by atoms with van der Waals surface area (Å²) in [6.45, 7) is 4.85. The highest BCUT2D eigenvalue weighted by Gasteiger charge is 2.21. The molecule has 1 aliphatic rings. The lowest BCUT2D eigenvalue weighted by Gasteiger charge is -2.28. The monoisotopic (exact) mass is 364 g/mol. The zero-order valence-electron chi connectivity index (χ0n) is 15.0. The minimum absolute atomic E-state index is 0.0661. The maximum absolute atomic E-state index is 14.5. The molecule has 2 aromatic rings. The molecular formula is C21H23F3O2. The Balaban J connectivity index is 1.66. The van der Waals surface area contributed by atoms with Gasteiger partial charge in [0.15, 0.2) is 6.29 Å². The molecule has 2 nitrogen and oxygen atoms in total. The second-order valence-corrected chi connectivity index (χ2v) is 6.79.